The van der Waals surface area contributed by atoms with Gasteiger partial charge in [0.25, 0.3) is 0 Å². The average molecular weight is 178 g/mol. The third-order valence-electron chi connectivity index (χ3n) is 1.45. The summed E-state index contributed by atoms with van der Waals surface area (Å²) in [5, 5.41) is 6.71. The lowest BCUT2D eigenvalue weighted by molar-refractivity contribution is 1.26. The van der Waals surface area contributed by atoms with Gasteiger partial charge in [-0.1, -0.05) is 6.58 Å². The average Bonchev–Trinajstić information content (AvgIpc) is 2.13. The summed E-state index contributed by atoms with van der Waals surface area (Å²) < 4.78 is 0. The molecule has 0 aromatic heterocycles. The maximum atomic E-state index is 6.71. The lowest BCUT2D eigenvalue weighted by Crippen LogP contribution is -2.05. The van der Waals surface area contributed by atoms with Crippen LogP contribution in [0.1, 0.15) is 13.8 Å². The first-order valence-corrected chi connectivity index (χ1v) is 3.83. The Labute approximate surface area is 78.3 Å². The van der Waals surface area contributed by atoms with Crippen LogP contribution in [0, 0.1) is 5.41 Å². The van der Waals surface area contributed by atoms with Crippen LogP contribution in [-0.2, 0) is 0 Å². The molecule has 1 N–H and O–H groups in total. The summed E-state index contributed by atoms with van der Waals surface area (Å²) in [5.74, 6) is 0.379. The van der Waals surface area contributed by atoms with Gasteiger partial charge in [-0.2, -0.15) is 0 Å². The SMILES string of the molecule is C=C(N=CC=N)N=C(C)C(C)=NC. The van der Waals surface area contributed by atoms with Crippen LogP contribution in [0.3, 0.4) is 0 Å². The zero-order chi connectivity index (χ0) is 10.3. The van der Waals surface area contributed by atoms with E-state index >= 15 is 0 Å². The summed E-state index contributed by atoms with van der Waals surface area (Å²) in [6.45, 7) is 7.31. The highest BCUT2D eigenvalue weighted by atomic mass is 15.0. The second kappa shape index (κ2) is 5.99. The molecule has 0 aliphatic rings. The van der Waals surface area contributed by atoms with Crippen molar-refractivity contribution in [1.29, 1.82) is 5.41 Å². The fraction of sp³-hybridized carbons (Fsp3) is 0.333. The summed E-state index contributed by atoms with van der Waals surface area (Å²) >= 11 is 0. The highest BCUT2D eigenvalue weighted by molar-refractivity contribution is 6.40. The Morgan fingerprint density at radius 1 is 1.31 bits per heavy atom. The van der Waals surface area contributed by atoms with E-state index in [0.717, 1.165) is 17.6 Å². The molecule has 0 rings (SSSR count). The molecule has 13 heavy (non-hydrogen) atoms. The molecule has 0 amide bonds. The molecule has 0 fully saturated rings. The van der Waals surface area contributed by atoms with Crippen LogP contribution >= 0.6 is 0 Å². The van der Waals surface area contributed by atoms with Crippen LogP contribution in [0.5, 0.6) is 0 Å². The quantitative estimate of drug-likeness (QED) is 0.637. The van der Waals surface area contributed by atoms with Crippen molar-refractivity contribution in [3.8, 4) is 0 Å². The van der Waals surface area contributed by atoms with Crippen LogP contribution < -0.4 is 0 Å². The van der Waals surface area contributed by atoms with E-state index in [1.807, 2.05) is 13.8 Å². The van der Waals surface area contributed by atoms with Crippen molar-refractivity contribution in [2.75, 3.05) is 7.05 Å². The fourth-order valence-electron chi connectivity index (χ4n) is 0.588. The van der Waals surface area contributed by atoms with E-state index in [9.17, 15) is 0 Å². The minimum absolute atomic E-state index is 0.379. The van der Waals surface area contributed by atoms with Crippen LogP contribution in [0.15, 0.2) is 27.4 Å². The van der Waals surface area contributed by atoms with Gasteiger partial charge in [-0.3, -0.25) is 4.99 Å². The molecule has 0 bridgehead atoms. The Kier molecular flexibility index (Phi) is 5.27. The van der Waals surface area contributed by atoms with E-state index in [1.54, 1.807) is 7.05 Å². The van der Waals surface area contributed by atoms with Gasteiger partial charge in [-0.05, 0) is 13.8 Å². The van der Waals surface area contributed by atoms with Gasteiger partial charge in [0, 0.05) is 19.5 Å². The third-order valence-corrected chi connectivity index (χ3v) is 1.45. The smallest absolute Gasteiger partial charge is 0.145 e. The number of nitrogens with one attached hydrogen (secondary N) is 1. The first-order chi connectivity index (χ1) is 6.11. The molecule has 0 aliphatic carbocycles. The summed E-state index contributed by atoms with van der Waals surface area (Å²) in [6.07, 6.45) is 2.41. The molecular formula is C9H14N4. The van der Waals surface area contributed by atoms with Crippen molar-refractivity contribution < 1.29 is 0 Å². The number of aliphatic imine (C=N–C) groups is 3. The molecule has 0 saturated heterocycles. The van der Waals surface area contributed by atoms with Crippen molar-refractivity contribution in [1.82, 2.24) is 0 Å². The normalized spacial score (nSPS) is 13.5. The molecule has 4 nitrogen and oxygen atoms in total. The Hall–Kier alpha value is -1.58. The predicted molar refractivity (Wildman–Crippen MR) is 58.6 cm³/mol. The van der Waals surface area contributed by atoms with Gasteiger partial charge in [0.15, 0.2) is 0 Å². The molecule has 0 atom stereocenters. The second-order valence-electron chi connectivity index (χ2n) is 2.37. The van der Waals surface area contributed by atoms with E-state index < -0.39 is 0 Å². The van der Waals surface area contributed by atoms with Gasteiger partial charge in [0.05, 0.1) is 11.4 Å². The van der Waals surface area contributed by atoms with E-state index in [4.69, 9.17) is 5.41 Å². The summed E-state index contributed by atoms with van der Waals surface area (Å²) in [4.78, 5) is 11.8. The number of rotatable bonds is 4. The van der Waals surface area contributed by atoms with Gasteiger partial charge in [0.1, 0.15) is 5.82 Å². The van der Waals surface area contributed by atoms with E-state index in [1.165, 1.54) is 6.21 Å². The topological polar surface area (TPSA) is 60.9 Å². The van der Waals surface area contributed by atoms with Crippen molar-refractivity contribution in [3.05, 3.63) is 12.4 Å². The highest BCUT2D eigenvalue weighted by Crippen LogP contribution is 1.95. The van der Waals surface area contributed by atoms with Crippen molar-refractivity contribution in [2.45, 2.75) is 13.8 Å². The zero-order valence-corrected chi connectivity index (χ0v) is 8.20. The molecule has 4 heteroatoms. The maximum Gasteiger partial charge on any atom is 0.145 e. The lowest BCUT2D eigenvalue weighted by Gasteiger charge is -1.97. The molecule has 70 valence electrons. The summed E-state index contributed by atoms with van der Waals surface area (Å²) in [5.41, 5.74) is 1.64. The molecule has 0 aromatic rings. The largest absolute Gasteiger partial charge is 0.307 e. The molecule has 0 aromatic carbocycles. The molecule has 0 spiro atoms. The van der Waals surface area contributed by atoms with Crippen molar-refractivity contribution in [3.63, 3.8) is 0 Å². The standard InChI is InChI=1S/C9H14N4/c1-7(11-4)8(2)13-9(3)12-6-5-10/h5-6,10H,3H2,1-2,4H3. The minimum atomic E-state index is 0.379. The van der Waals surface area contributed by atoms with Gasteiger partial charge >= 0.3 is 0 Å². The molecule has 0 radical (unpaired) electrons. The van der Waals surface area contributed by atoms with E-state index in [2.05, 4.69) is 21.6 Å². The third kappa shape index (κ3) is 4.79. The Morgan fingerprint density at radius 3 is 2.38 bits per heavy atom. The first kappa shape index (κ1) is 11.4. The summed E-state index contributed by atoms with van der Waals surface area (Å²) in [6, 6.07) is 0. The van der Waals surface area contributed by atoms with Crippen LogP contribution in [0.25, 0.3) is 0 Å². The first-order valence-electron chi connectivity index (χ1n) is 3.83. The Balaban J connectivity index is 4.48. The van der Waals surface area contributed by atoms with E-state index in [0.29, 0.717) is 5.82 Å². The molecule has 0 unspecified atom stereocenters. The molecule has 0 heterocycles. The predicted octanol–water partition coefficient (Wildman–Crippen LogP) is 1.73. The number of hydrogen-bond donors (Lipinski definition) is 1. The van der Waals surface area contributed by atoms with Crippen LogP contribution in [0.2, 0.25) is 0 Å². The van der Waals surface area contributed by atoms with Crippen molar-refractivity contribution in [2.24, 2.45) is 15.0 Å². The fourth-order valence-corrected chi connectivity index (χ4v) is 0.588. The minimum Gasteiger partial charge on any atom is -0.307 e. The second-order valence-corrected chi connectivity index (χ2v) is 2.37. The molecule has 0 aliphatic heterocycles. The van der Waals surface area contributed by atoms with Gasteiger partial charge in [-0.25, -0.2) is 9.98 Å². The van der Waals surface area contributed by atoms with Gasteiger partial charge in [-0.15, -0.1) is 0 Å². The number of nitrogens with zero attached hydrogens (tertiary/aromatic N) is 3. The number of hydrogen-bond acceptors (Lipinski definition) is 4. The van der Waals surface area contributed by atoms with Crippen molar-refractivity contribution >= 4 is 23.9 Å². The Bertz CT molecular complexity index is 284. The monoisotopic (exact) mass is 178 g/mol. The van der Waals surface area contributed by atoms with Gasteiger partial charge in [0.2, 0.25) is 0 Å². The van der Waals surface area contributed by atoms with Crippen LogP contribution in [0.4, 0.5) is 0 Å². The summed E-state index contributed by atoms with van der Waals surface area (Å²) in [7, 11) is 1.71. The molecular weight excluding hydrogens is 164 g/mol. The van der Waals surface area contributed by atoms with Gasteiger partial charge < -0.3 is 5.41 Å². The zero-order valence-electron chi connectivity index (χ0n) is 8.20. The highest BCUT2D eigenvalue weighted by Gasteiger charge is 1.94. The lowest BCUT2D eigenvalue weighted by atomic mass is 10.3. The molecule has 0 saturated carbocycles. The maximum absolute atomic E-state index is 6.71. The van der Waals surface area contributed by atoms with Crippen LogP contribution in [-0.4, -0.2) is 30.9 Å². The van der Waals surface area contributed by atoms with E-state index in [-0.39, 0.29) is 0 Å². The Morgan fingerprint density at radius 2 is 1.92 bits per heavy atom.